The van der Waals surface area contributed by atoms with Crippen molar-refractivity contribution >= 4 is 28.6 Å². The van der Waals surface area contributed by atoms with E-state index in [9.17, 15) is 5.11 Å². The monoisotopic (exact) mass is 404 g/mol. The van der Waals surface area contributed by atoms with E-state index in [2.05, 4.69) is 37.4 Å². The lowest BCUT2D eigenvalue weighted by atomic mass is 9.95. The Kier molecular flexibility index (Phi) is 5.60. The number of benzene rings is 1. The number of nitrogens with zero attached hydrogens (tertiary/aromatic N) is 3. The number of aryl methyl sites for hydroxylation is 1. The van der Waals surface area contributed by atoms with Crippen LogP contribution in [0.25, 0.3) is 11.2 Å². The first-order valence-electron chi connectivity index (χ1n) is 10.5. The Morgan fingerprint density at radius 2 is 1.97 bits per heavy atom. The summed E-state index contributed by atoms with van der Waals surface area (Å²) in [6, 6.07) is 6.29. The van der Waals surface area contributed by atoms with Gasteiger partial charge in [0.05, 0.1) is 6.33 Å². The maximum Gasteiger partial charge on any atom is 0.231 e. The molecule has 0 radical (unpaired) electrons. The average Bonchev–Trinajstić information content (AvgIpc) is 3.17. The summed E-state index contributed by atoms with van der Waals surface area (Å²) in [5.74, 6) is 7.13. The number of fused-ring (bicyclic) bond motifs is 1. The molecule has 0 spiro atoms. The molecule has 4 N–H and O–H groups in total. The molecule has 1 fully saturated rings. The molecule has 3 aromatic rings. The zero-order valence-corrected chi connectivity index (χ0v) is 17.7. The summed E-state index contributed by atoms with van der Waals surface area (Å²) in [5, 5.41) is 16.7. The lowest BCUT2D eigenvalue weighted by Gasteiger charge is -2.23. The summed E-state index contributed by atoms with van der Waals surface area (Å²) in [5.41, 5.74) is 3.24. The van der Waals surface area contributed by atoms with Gasteiger partial charge in [0.2, 0.25) is 5.95 Å². The molecule has 7 heteroatoms. The van der Waals surface area contributed by atoms with Gasteiger partial charge in [0.1, 0.15) is 11.1 Å². The number of hydrogen-bond acceptors (Lipinski definition) is 6. The van der Waals surface area contributed by atoms with Crippen molar-refractivity contribution < 1.29 is 5.11 Å². The largest absolute Gasteiger partial charge is 0.378 e. The molecule has 2 aromatic heterocycles. The topological polar surface area (TPSA) is 98.7 Å². The van der Waals surface area contributed by atoms with Gasteiger partial charge in [0.15, 0.2) is 11.5 Å². The fraction of sp³-hybridized carbons (Fsp3) is 0.435. The van der Waals surface area contributed by atoms with Crippen molar-refractivity contribution in [2.75, 3.05) is 10.6 Å². The molecule has 4 rings (SSSR count). The highest BCUT2D eigenvalue weighted by atomic mass is 16.3. The molecule has 0 atom stereocenters. The van der Waals surface area contributed by atoms with E-state index in [4.69, 9.17) is 4.98 Å². The zero-order valence-electron chi connectivity index (χ0n) is 17.7. The molecule has 0 aliphatic heterocycles. The SMILES string of the molecule is Cc1cc(C#CC(C)(C)O)ccc1Nc1nc(NC2CCCCC2)c2nc[nH]c2n1. The number of anilines is 3. The Hall–Kier alpha value is -3.11. The Morgan fingerprint density at radius 3 is 2.70 bits per heavy atom. The smallest absolute Gasteiger partial charge is 0.231 e. The van der Waals surface area contributed by atoms with Crippen LogP contribution in [-0.4, -0.2) is 36.7 Å². The van der Waals surface area contributed by atoms with E-state index in [1.165, 1.54) is 19.3 Å². The summed E-state index contributed by atoms with van der Waals surface area (Å²) >= 11 is 0. The van der Waals surface area contributed by atoms with Crippen LogP contribution < -0.4 is 10.6 Å². The third-order valence-corrected chi connectivity index (χ3v) is 5.21. The quantitative estimate of drug-likeness (QED) is 0.485. The van der Waals surface area contributed by atoms with Gasteiger partial charge in [-0.05, 0) is 57.4 Å². The first-order chi connectivity index (χ1) is 14.4. The Bertz CT molecular complexity index is 1100. The van der Waals surface area contributed by atoms with E-state index in [0.717, 1.165) is 41.0 Å². The number of imidazole rings is 1. The molecule has 7 nitrogen and oxygen atoms in total. The predicted molar refractivity (Wildman–Crippen MR) is 120 cm³/mol. The Labute approximate surface area is 176 Å². The minimum Gasteiger partial charge on any atom is -0.378 e. The van der Waals surface area contributed by atoms with Crippen LogP contribution in [0.5, 0.6) is 0 Å². The molecule has 1 saturated carbocycles. The van der Waals surface area contributed by atoms with Crippen LogP contribution in [0.3, 0.4) is 0 Å². The fourth-order valence-corrected chi connectivity index (χ4v) is 3.66. The molecule has 0 bridgehead atoms. The number of aromatic nitrogens is 4. The van der Waals surface area contributed by atoms with Crippen LogP contribution in [0, 0.1) is 18.8 Å². The minimum atomic E-state index is -1.01. The van der Waals surface area contributed by atoms with E-state index >= 15 is 0 Å². The maximum absolute atomic E-state index is 9.79. The first kappa shape index (κ1) is 20.2. The molecule has 2 heterocycles. The highest BCUT2D eigenvalue weighted by molar-refractivity contribution is 5.84. The van der Waals surface area contributed by atoms with E-state index in [1.807, 2.05) is 25.1 Å². The third-order valence-electron chi connectivity index (χ3n) is 5.21. The molecule has 1 aliphatic carbocycles. The first-order valence-corrected chi connectivity index (χ1v) is 10.5. The van der Waals surface area contributed by atoms with Crippen LogP contribution in [0.1, 0.15) is 57.1 Å². The van der Waals surface area contributed by atoms with E-state index < -0.39 is 5.60 Å². The highest BCUT2D eigenvalue weighted by Gasteiger charge is 2.17. The van der Waals surface area contributed by atoms with Gasteiger partial charge in [-0.2, -0.15) is 9.97 Å². The van der Waals surface area contributed by atoms with Crippen LogP contribution in [0.15, 0.2) is 24.5 Å². The molecule has 0 amide bonds. The molecular formula is C23H28N6O. The van der Waals surface area contributed by atoms with Crippen LogP contribution >= 0.6 is 0 Å². The summed E-state index contributed by atoms with van der Waals surface area (Å²) in [7, 11) is 0. The second-order valence-electron chi connectivity index (χ2n) is 8.44. The van der Waals surface area contributed by atoms with Crippen molar-refractivity contribution in [1.82, 2.24) is 19.9 Å². The Morgan fingerprint density at radius 1 is 1.17 bits per heavy atom. The lowest BCUT2D eigenvalue weighted by molar-refractivity contribution is 0.143. The minimum absolute atomic E-state index is 0.428. The average molecular weight is 405 g/mol. The van der Waals surface area contributed by atoms with Gasteiger partial charge in [0.25, 0.3) is 0 Å². The zero-order chi connectivity index (χ0) is 21.1. The van der Waals surface area contributed by atoms with Gasteiger partial charge < -0.3 is 20.7 Å². The summed E-state index contributed by atoms with van der Waals surface area (Å²) in [6.45, 7) is 5.35. The molecular weight excluding hydrogens is 376 g/mol. The number of H-pyrrole nitrogens is 1. The van der Waals surface area contributed by atoms with Gasteiger partial charge in [-0.25, -0.2) is 4.98 Å². The van der Waals surface area contributed by atoms with E-state index in [1.54, 1.807) is 20.2 Å². The second kappa shape index (κ2) is 8.33. The summed E-state index contributed by atoms with van der Waals surface area (Å²) in [6.07, 6.45) is 7.77. The lowest BCUT2D eigenvalue weighted by Crippen LogP contribution is -2.23. The van der Waals surface area contributed by atoms with Gasteiger partial charge in [-0.3, -0.25) is 0 Å². The van der Waals surface area contributed by atoms with Crippen molar-refractivity contribution in [3.63, 3.8) is 0 Å². The number of hydrogen-bond donors (Lipinski definition) is 4. The van der Waals surface area contributed by atoms with Crippen molar-refractivity contribution in [3.8, 4) is 11.8 Å². The number of rotatable bonds is 4. The normalized spacial score (nSPS) is 14.9. The van der Waals surface area contributed by atoms with Crippen LogP contribution in [-0.2, 0) is 0 Å². The van der Waals surface area contributed by atoms with Crippen molar-refractivity contribution in [1.29, 1.82) is 0 Å². The highest BCUT2D eigenvalue weighted by Crippen LogP contribution is 2.26. The predicted octanol–water partition coefficient (Wildman–Crippen LogP) is 4.27. The molecule has 156 valence electrons. The van der Waals surface area contributed by atoms with Gasteiger partial charge >= 0.3 is 0 Å². The van der Waals surface area contributed by atoms with E-state index in [0.29, 0.717) is 17.6 Å². The van der Waals surface area contributed by atoms with Gasteiger partial charge in [0, 0.05) is 17.3 Å². The standard InChI is InChI=1S/C23H28N6O/c1-15-13-16(11-12-23(2,3)30)9-10-18(15)27-22-28-20-19(24-14-25-20)21(29-22)26-17-7-5-4-6-8-17/h9-10,13-14,17,30H,4-8H2,1-3H3,(H3,24,25,26,27,28,29). The van der Waals surface area contributed by atoms with Crippen molar-refractivity contribution in [2.24, 2.45) is 0 Å². The van der Waals surface area contributed by atoms with E-state index in [-0.39, 0.29) is 0 Å². The summed E-state index contributed by atoms with van der Waals surface area (Å²) in [4.78, 5) is 16.8. The van der Waals surface area contributed by atoms with Gasteiger partial charge in [-0.15, -0.1) is 0 Å². The second-order valence-corrected chi connectivity index (χ2v) is 8.44. The Balaban J connectivity index is 1.58. The third kappa shape index (κ3) is 4.89. The summed E-state index contributed by atoms with van der Waals surface area (Å²) < 4.78 is 0. The van der Waals surface area contributed by atoms with Crippen LogP contribution in [0.2, 0.25) is 0 Å². The number of aromatic amines is 1. The number of nitrogens with one attached hydrogen (secondary N) is 3. The van der Waals surface area contributed by atoms with Gasteiger partial charge in [-0.1, -0.05) is 31.1 Å². The molecule has 1 aromatic carbocycles. The van der Waals surface area contributed by atoms with Crippen molar-refractivity contribution in [3.05, 3.63) is 35.7 Å². The fourth-order valence-electron chi connectivity index (χ4n) is 3.66. The van der Waals surface area contributed by atoms with Crippen LogP contribution in [0.4, 0.5) is 17.5 Å². The maximum atomic E-state index is 9.79. The number of aliphatic hydroxyl groups is 1. The molecule has 0 saturated heterocycles. The molecule has 0 unspecified atom stereocenters. The molecule has 30 heavy (non-hydrogen) atoms. The molecule has 1 aliphatic rings. The van der Waals surface area contributed by atoms with Crippen molar-refractivity contribution in [2.45, 2.75) is 64.5 Å².